The number of esters is 1. The Balaban J connectivity index is 1.59. The molecule has 10 heteroatoms. The zero-order valence-corrected chi connectivity index (χ0v) is 19.6. The molecule has 180 valence electrons. The van der Waals surface area contributed by atoms with Gasteiger partial charge in [-0.1, -0.05) is 41.9 Å². The molecule has 0 bridgehead atoms. The Hall–Kier alpha value is -4.24. The van der Waals surface area contributed by atoms with Gasteiger partial charge in [-0.3, -0.25) is 9.69 Å². The minimum Gasteiger partial charge on any atom is -0.493 e. The summed E-state index contributed by atoms with van der Waals surface area (Å²) >= 11 is 6.25. The molecule has 4 rings (SSSR count). The molecule has 1 aliphatic heterocycles. The molecule has 0 saturated carbocycles. The van der Waals surface area contributed by atoms with Crippen molar-refractivity contribution in [1.82, 2.24) is 10.2 Å². The van der Waals surface area contributed by atoms with Gasteiger partial charge >= 0.3 is 12.0 Å². The molecule has 1 aliphatic rings. The van der Waals surface area contributed by atoms with Crippen molar-refractivity contribution in [3.63, 3.8) is 0 Å². The first-order valence-electron chi connectivity index (χ1n) is 10.5. The number of nitrogens with zero attached hydrogens (tertiary/aromatic N) is 1. The van der Waals surface area contributed by atoms with Gasteiger partial charge in [0.1, 0.15) is 18.1 Å². The minimum atomic E-state index is -0.660. The Morgan fingerprint density at radius 2 is 1.89 bits per heavy atom. The molecule has 1 fully saturated rings. The number of methoxy groups -OCH3 is 2. The number of carbonyl (C=O) groups is 3. The van der Waals surface area contributed by atoms with E-state index in [-0.39, 0.29) is 30.4 Å². The van der Waals surface area contributed by atoms with Crippen LogP contribution in [0.5, 0.6) is 11.5 Å². The summed E-state index contributed by atoms with van der Waals surface area (Å²) in [5.74, 6) is -0.295. The normalized spacial score (nSPS) is 14.3. The highest BCUT2D eigenvalue weighted by molar-refractivity contribution is 6.31. The second kappa shape index (κ2) is 10.4. The number of nitrogens with one attached hydrogen (secondary N) is 1. The summed E-state index contributed by atoms with van der Waals surface area (Å²) < 4.78 is 21.4. The summed E-state index contributed by atoms with van der Waals surface area (Å²) in [6.07, 6.45) is 1.47. The molecular weight excluding hydrogens is 476 g/mol. The Kier molecular flexibility index (Phi) is 7.07. The lowest BCUT2D eigenvalue weighted by Crippen LogP contribution is -2.30. The third-order valence-electron chi connectivity index (χ3n) is 5.12. The smallest absolute Gasteiger partial charge is 0.373 e. The zero-order chi connectivity index (χ0) is 24.9. The number of amides is 3. The molecule has 0 spiro atoms. The molecule has 9 nitrogen and oxygen atoms in total. The fraction of sp³-hybridized carbons (Fsp3) is 0.160. The zero-order valence-electron chi connectivity index (χ0n) is 18.9. The van der Waals surface area contributed by atoms with E-state index in [1.54, 1.807) is 12.1 Å². The molecule has 3 aromatic rings. The van der Waals surface area contributed by atoms with Crippen LogP contribution in [0.4, 0.5) is 4.79 Å². The van der Waals surface area contributed by atoms with E-state index >= 15 is 0 Å². The average molecular weight is 497 g/mol. The van der Waals surface area contributed by atoms with Gasteiger partial charge in [-0.05, 0) is 29.8 Å². The summed E-state index contributed by atoms with van der Waals surface area (Å²) in [4.78, 5) is 38.0. The molecular formula is C25H21ClN2O7. The van der Waals surface area contributed by atoms with E-state index in [0.29, 0.717) is 22.1 Å². The van der Waals surface area contributed by atoms with Gasteiger partial charge in [0.05, 0.1) is 20.8 Å². The van der Waals surface area contributed by atoms with Crippen LogP contribution < -0.4 is 14.8 Å². The van der Waals surface area contributed by atoms with Gasteiger partial charge in [-0.15, -0.1) is 0 Å². The molecule has 2 aromatic carbocycles. The van der Waals surface area contributed by atoms with Gasteiger partial charge < -0.3 is 23.9 Å². The van der Waals surface area contributed by atoms with Crippen LogP contribution in [0.3, 0.4) is 0 Å². The summed E-state index contributed by atoms with van der Waals surface area (Å²) in [5, 5.41) is 2.91. The van der Waals surface area contributed by atoms with Gasteiger partial charge in [0.2, 0.25) is 5.76 Å². The Labute approximate surface area is 205 Å². The molecule has 35 heavy (non-hydrogen) atoms. The van der Waals surface area contributed by atoms with Crippen LogP contribution in [-0.4, -0.2) is 37.0 Å². The SMILES string of the molecule is COC(=O)c1ccc(CN2C(=O)N/C(=C/c3cc(Cl)cc(OC)c3OCc3ccccc3)C2=O)o1. The van der Waals surface area contributed by atoms with Crippen LogP contribution in [0.15, 0.2) is 64.7 Å². The first-order valence-corrected chi connectivity index (χ1v) is 10.8. The first-order chi connectivity index (χ1) is 16.9. The fourth-order valence-electron chi connectivity index (χ4n) is 3.43. The molecule has 0 unspecified atom stereocenters. The maximum atomic E-state index is 13.0. The molecule has 3 amide bonds. The third-order valence-corrected chi connectivity index (χ3v) is 5.34. The fourth-order valence-corrected chi connectivity index (χ4v) is 3.65. The van der Waals surface area contributed by atoms with Crippen molar-refractivity contribution >= 4 is 35.6 Å². The van der Waals surface area contributed by atoms with E-state index in [2.05, 4.69) is 10.1 Å². The topological polar surface area (TPSA) is 107 Å². The van der Waals surface area contributed by atoms with Crippen LogP contribution in [0.2, 0.25) is 5.02 Å². The van der Waals surface area contributed by atoms with Gasteiger partial charge in [-0.25, -0.2) is 9.59 Å². The van der Waals surface area contributed by atoms with Gasteiger partial charge in [-0.2, -0.15) is 0 Å². The maximum Gasteiger partial charge on any atom is 0.373 e. The lowest BCUT2D eigenvalue weighted by Gasteiger charge is -2.14. The largest absolute Gasteiger partial charge is 0.493 e. The van der Waals surface area contributed by atoms with Crippen molar-refractivity contribution in [1.29, 1.82) is 0 Å². The summed E-state index contributed by atoms with van der Waals surface area (Å²) in [6.45, 7) is 0.0810. The van der Waals surface area contributed by atoms with Crippen LogP contribution in [-0.2, 0) is 22.7 Å². The second-order valence-electron chi connectivity index (χ2n) is 7.44. The van der Waals surface area contributed by atoms with Gasteiger partial charge in [0.25, 0.3) is 5.91 Å². The number of carbonyl (C=O) groups excluding carboxylic acids is 3. The monoisotopic (exact) mass is 496 g/mol. The number of rotatable bonds is 8. The third kappa shape index (κ3) is 5.30. The predicted molar refractivity (Wildman–Crippen MR) is 126 cm³/mol. The lowest BCUT2D eigenvalue weighted by atomic mass is 10.1. The van der Waals surface area contributed by atoms with Crippen molar-refractivity contribution in [2.45, 2.75) is 13.2 Å². The van der Waals surface area contributed by atoms with Crippen LogP contribution in [0, 0.1) is 0 Å². The van der Waals surface area contributed by atoms with Crippen molar-refractivity contribution in [3.8, 4) is 11.5 Å². The number of halogens is 1. The molecule has 0 atom stereocenters. The second-order valence-corrected chi connectivity index (χ2v) is 7.87. The highest BCUT2D eigenvalue weighted by Crippen LogP contribution is 2.37. The minimum absolute atomic E-state index is 0.0172. The van der Waals surface area contributed by atoms with Crippen LogP contribution in [0.25, 0.3) is 6.08 Å². The molecule has 1 aromatic heterocycles. The van der Waals surface area contributed by atoms with Crippen molar-refractivity contribution in [2.24, 2.45) is 0 Å². The number of urea groups is 1. The Morgan fingerprint density at radius 3 is 2.60 bits per heavy atom. The summed E-state index contributed by atoms with van der Waals surface area (Å²) in [6, 6.07) is 15.0. The standard InChI is InChI=1S/C25H21ClN2O7/c1-32-21-12-17(26)10-16(22(21)34-14-15-6-4-3-5-7-15)11-19-23(29)28(25(31)27-19)13-18-8-9-20(35-18)24(30)33-2/h3-12H,13-14H2,1-2H3,(H,27,31)/b19-11+. The molecule has 1 saturated heterocycles. The van der Waals surface area contributed by atoms with E-state index in [9.17, 15) is 14.4 Å². The van der Waals surface area contributed by atoms with E-state index in [1.807, 2.05) is 30.3 Å². The highest BCUT2D eigenvalue weighted by atomic mass is 35.5. The lowest BCUT2D eigenvalue weighted by molar-refractivity contribution is -0.123. The van der Waals surface area contributed by atoms with E-state index in [1.165, 1.54) is 32.4 Å². The molecule has 0 aliphatic carbocycles. The van der Waals surface area contributed by atoms with E-state index < -0.39 is 17.9 Å². The van der Waals surface area contributed by atoms with Crippen molar-refractivity contribution in [3.05, 3.63) is 88.0 Å². The molecule has 2 heterocycles. The van der Waals surface area contributed by atoms with Gasteiger partial charge in [0, 0.05) is 16.7 Å². The number of hydrogen-bond acceptors (Lipinski definition) is 7. The maximum absolute atomic E-state index is 13.0. The number of furan rings is 1. The molecule has 0 radical (unpaired) electrons. The number of hydrogen-bond donors (Lipinski definition) is 1. The Bertz CT molecular complexity index is 1300. The number of imide groups is 1. The van der Waals surface area contributed by atoms with E-state index in [0.717, 1.165) is 10.5 Å². The van der Waals surface area contributed by atoms with Crippen LogP contribution in [0.1, 0.15) is 27.4 Å². The Morgan fingerprint density at radius 1 is 1.11 bits per heavy atom. The van der Waals surface area contributed by atoms with E-state index in [4.69, 9.17) is 25.5 Å². The van der Waals surface area contributed by atoms with Crippen LogP contribution >= 0.6 is 11.6 Å². The summed E-state index contributed by atoms with van der Waals surface area (Å²) in [5.41, 5.74) is 1.40. The quantitative estimate of drug-likeness (QED) is 0.280. The molecule has 1 N–H and O–H groups in total. The number of ether oxygens (including phenoxy) is 3. The predicted octanol–water partition coefficient (Wildman–Crippen LogP) is 4.40. The number of benzene rings is 2. The van der Waals surface area contributed by atoms with Crippen molar-refractivity contribution in [2.75, 3.05) is 14.2 Å². The van der Waals surface area contributed by atoms with Crippen molar-refractivity contribution < 1.29 is 33.0 Å². The summed E-state index contributed by atoms with van der Waals surface area (Å²) in [7, 11) is 2.70. The first kappa shape index (κ1) is 23.9. The average Bonchev–Trinajstić information content (AvgIpc) is 3.43. The highest BCUT2D eigenvalue weighted by Gasteiger charge is 2.34. The van der Waals surface area contributed by atoms with Gasteiger partial charge in [0.15, 0.2) is 11.5 Å².